The zero-order valence-electron chi connectivity index (χ0n) is 13.2. The van der Waals surface area contributed by atoms with Crippen LogP contribution >= 0.6 is 12.2 Å². The zero-order chi connectivity index (χ0) is 16.8. The molecule has 2 aromatic carbocycles. The van der Waals surface area contributed by atoms with Gasteiger partial charge >= 0.3 is 0 Å². The highest BCUT2D eigenvalue weighted by Crippen LogP contribution is 2.20. The molecule has 0 atom stereocenters. The van der Waals surface area contributed by atoms with Crippen molar-refractivity contribution in [3.05, 3.63) is 68.7 Å². The van der Waals surface area contributed by atoms with Gasteiger partial charge in [0.05, 0.1) is 16.7 Å². The highest BCUT2D eigenvalue weighted by Gasteiger charge is 2.12. The van der Waals surface area contributed by atoms with E-state index in [0.717, 1.165) is 22.0 Å². The molecule has 0 unspecified atom stereocenters. The first-order valence-electron chi connectivity index (χ1n) is 7.54. The minimum atomic E-state index is -0.271. The highest BCUT2D eigenvalue weighted by atomic mass is 32.1. The molecule has 0 saturated heterocycles. The van der Waals surface area contributed by atoms with Crippen LogP contribution in [0.5, 0.6) is 0 Å². The van der Waals surface area contributed by atoms with Crippen molar-refractivity contribution in [1.29, 1.82) is 0 Å². The van der Waals surface area contributed by atoms with Gasteiger partial charge in [0.15, 0.2) is 10.3 Å². The van der Waals surface area contributed by atoms with Gasteiger partial charge in [-0.25, -0.2) is 0 Å². The molecule has 0 aliphatic carbocycles. The topological polar surface area (TPSA) is 63.6 Å². The molecule has 4 aromatic rings. The number of aryl methyl sites for hydroxylation is 2. The van der Waals surface area contributed by atoms with Crippen molar-refractivity contribution in [2.45, 2.75) is 13.8 Å². The van der Waals surface area contributed by atoms with Gasteiger partial charge in [0, 0.05) is 5.39 Å². The summed E-state index contributed by atoms with van der Waals surface area (Å²) in [5.74, 6) is 0. The molecule has 0 aliphatic rings. The molecule has 24 heavy (non-hydrogen) atoms. The molecule has 0 amide bonds. The second-order valence-electron chi connectivity index (χ2n) is 5.85. The van der Waals surface area contributed by atoms with Crippen molar-refractivity contribution in [1.82, 2.24) is 19.7 Å². The van der Waals surface area contributed by atoms with Crippen LogP contribution in [0, 0.1) is 18.6 Å². The van der Waals surface area contributed by atoms with Crippen molar-refractivity contribution in [3.8, 4) is 5.69 Å². The van der Waals surface area contributed by atoms with Gasteiger partial charge in [-0.2, -0.15) is 0 Å². The number of aromatic nitrogens is 4. The average molecular weight is 334 g/mol. The molecule has 6 heteroatoms. The number of H-pyrrole nitrogens is 1. The number of nitrogens with zero attached hydrogens (tertiary/aromatic N) is 3. The predicted molar refractivity (Wildman–Crippen MR) is 97.3 cm³/mol. The maximum absolute atomic E-state index is 12.9. The fraction of sp³-hybridized carbons (Fsp3) is 0.111. The summed E-state index contributed by atoms with van der Waals surface area (Å²) in [5.41, 5.74) is 4.28. The molecule has 2 aromatic heterocycles. The molecular weight excluding hydrogens is 320 g/mol. The fourth-order valence-electron chi connectivity index (χ4n) is 2.78. The van der Waals surface area contributed by atoms with Gasteiger partial charge in [-0.3, -0.25) is 9.36 Å². The second-order valence-corrected chi connectivity index (χ2v) is 6.24. The summed E-state index contributed by atoms with van der Waals surface area (Å²) in [7, 11) is 0. The van der Waals surface area contributed by atoms with E-state index in [4.69, 9.17) is 12.2 Å². The number of rotatable bonds is 1. The van der Waals surface area contributed by atoms with E-state index in [9.17, 15) is 4.79 Å². The van der Waals surface area contributed by atoms with Crippen LogP contribution in [0.3, 0.4) is 0 Å². The van der Waals surface area contributed by atoms with E-state index in [1.807, 2.05) is 56.3 Å². The average Bonchev–Trinajstić information content (AvgIpc) is 2.56. The van der Waals surface area contributed by atoms with Crippen molar-refractivity contribution >= 4 is 34.2 Å². The lowest BCUT2D eigenvalue weighted by Gasteiger charge is -2.09. The van der Waals surface area contributed by atoms with Gasteiger partial charge in [-0.05, 0) is 49.8 Å². The second kappa shape index (κ2) is 5.35. The fourth-order valence-corrected chi connectivity index (χ4v) is 3.07. The van der Waals surface area contributed by atoms with E-state index < -0.39 is 0 Å². The van der Waals surface area contributed by atoms with Crippen LogP contribution in [0.15, 0.2) is 47.3 Å². The lowest BCUT2D eigenvalue weighted by molar-refractivity contribution is 0.924. The molecule has 2 heterocycles. The van der Waals surface area contributed by atoms with Crippen LogP contribution in [0.2, 0.25) is 0 Å². The van der Waals surface area contributed by atoms with Crippen LogP contribution in [-0.2, 0) is 0 Å². The van der Waals surface area contributed by atoms with Crippen LogP contribution in [-0.4, -0.2) is 19.7 Å². The Morgan fingerprint density at radius 2 is 1.71 bits per heavy atom. The summed E-state index contributed by atoms with van der Waals surface area (Å²) in [6.45, 7) is 3.98. The van der Waals surface area contributed by atoms with Crippen molar-refractivity contribution in [3.63, 3.8) is 0 Å². The molecule has 118 valence electrons. The predicted octanol–water partition coefficient (Wildman–Crippen LogP) is 3.61. The maximum Gasteiger partial charge on any atom is 0.287 e. The number of nitrogens with one attached hydrogen (secondary N) is 1. The molecule has 0 saturated carbocycles. The third-order valence-electron chi connectivity index (χ3n) is 4.05. The standard InChI is InChI=1S/C18H14N4OS/c1-10-3-6-12(7-4-10)22-17(23)16-15(19-18(22)24)13-8-5-11(2)9-14(13)20-21-16/h3-9H,1-2H3,(H,19,24). The Morgan fingerprint density at radius 3 is 2.46 bits per heavy atom. The van der Waals surface area contributed by atoms with E-state index in [0.29, 0.717) is 16.0 Å². The first-order valence-corrected chi connectivity index (χ1v) is 7.94. The van der Waals surface area contributed by atoms with Crippen molar-refractivity contribution < 1.29 is 0 Å². The summed E-state index contributed by atoms with van der Waals surface area (Å²) < 4.78 is 1.79. The molecule has 4 rings (SSSR count). The van der Waals surface area contributed by atoms with E-state index in [1.165, 1.54) is 4.57 Å². The minimum absolute atomic E-state index is 0.271. The van der Waals surface area contributed by atoms with E-state index >= 15 is 0 Å². The first-order chi connectivity index (χ1) is 11.5. The minimum Gasteiger partial charge on any atom is -0.329 e. The highest BCUT2D eigenvalue weighted by molar-refractivity contribution is 7.71. The Bertz CT molecular complexity index is 1210. The summed E-state index contributed by atoms with van der Waals surface area (Å²) in [5, 5.41) is 9.16. The number of hydrogen-bond donors (Lipinski definition) is 1. The maximum atomic E-state index is 12.9. The molecular formula is C18H14N4OS. The van der Waals surface area contributed by atoms with Gasteiger partial charge in [-0.1, -0.05) is 29.8 Å². The van der Waals surface area contributed by atoms with E-state index in [1.54, 1.807) is 0 Å². The Hall–Kier alpha value is -2.86. The SMILES string of the molecule is Cc1ccc(-n2c(=S)[nH]c3c(nnc4cc(C)ccc43)c2=O)cc1. The molecule has 5 nitrogen and oxygen atoms in total. The molecule has 0 spiro atoms. The number of aromatic amines is 1. The molecule has 0 fully saturated rings. The van der Waals surface area contributed by atoms with Crippen LogP contribution in [0.4, 0.5) is 0 Å². The first kappa shape index (κ1) is 14.7. The molecule has 0 aliphatic heterocycles. The third-order valence-corrected chi connectivity index (χ3v) is 4.33. The van der Waals surface area contributed by atoms with E-state index in [-0.39, 0.29) is 11.1 Å². The lowest BCUT2D eigenvalue weighted by Crippen LogP contribution is -2.21. The zero-order valence-corrected chi connectivity index (χ0v) is 14.0. The van der Waals surface area contributed by atoms with Gasteiger partial charge in [0.2, 0.25) is 0 Å². The summed E-state index contributed by atoms with van der Waals surface area (Å²) in [6, 6.07) is 13.5. The van der Waals surface area contributed by atoms with E-state index in [2.05, 4.69) is 15.2 Å². The third kappa shape index (κ3) is 2.23. The van der Waals surface area contributed by atoms with Gasteiger partial charge in [0.1, 0.15) is 0 Å². The molecule has 0 radical (unpaired) electrons. The largest absolute Gasteiger partial charge is 0.329 e. The van der Waals surface area contributed by atoms with Crippen LogP contribution in [0.25, 0.3) is 27.6 Å². The van der Waals surface area contributed by atoms with Gasteiger partial charge in [-0.15, -0.1) is 10.2 Å². The normalized spacial score (nSPS) is 11.2. The van der Waals surface area contributed by atoms with Crippen LogP contribution < -0.4 is 5.56 Å². The Kier molecular flexibility index (Phi) is 3.28. The summed E-state index contributed by atoms with van der Waals surface area (Å²) in [4.78, 5) is 16.1. The van der Waals surface area contributed by atoms with Gasteiger partial charge < -0.3 is 4.98 Å². The van der Waals surface area contributed by atoms with Crippen molar-refractivity contribution in [2.24, 2.45) is 0 Å². The van der Waals surface area contributed by atoms with Crippen LogP contribution in [0.1, 0.15) is 11.1 Å². The smallest absolute Gasteiger partial charge is 0.287 e. The Morgan fingerprint density at radius 1 is 1.00 bits per heavy atom. The lowest BCUT2D eigenvalue weighted by atomic mass is 10.1. The number of fused-ring (bicyclic) bond motifs is 3. The number of hydrogen-bond acceptors (Lipinski definition) is 4. The Balaban J connectivity index is 2.10. The number of benzene rings is 2. The monoisotopic (exact) mass is 334 g/mol. The van der Waals surface area contributed by atoms with Gasteiger partial charge in [0.25, 0.3) is 5.56 Å². The van der Waals surface area contributed by atoms with Crippen molar-refractivity contribution in [2.75, 3.05) is 0 Å². The summed E-state index contributed by atoms with van der Waals surface area (Å²) >= 11 is 5.43. The molecule has 0 bridgehead atoms. The summed E-state index contributed by atoms with van der Waals surface area (Å²) in [6.07, 6.45) is 0. The molecule has 1 N–H and O–H groups in total. The Labute approximate surface area is 142 Å². The quantitative estimate of drug-likeness (QED) is 0.427.